The maximum absolute atomic E-state index is 13.5. The summed E-state index contributed by atoms with van der Waals surface area (Å²) >= 11 is 0. The summed E-state index contributed by atoms with van der Waals surface area (Å²) < 4.78 is 17.7. The molecule has 8 unspecified atom stereocenters. The first-order chi connectivity index (χ1) is 40.7. The van der Waals surface area contributed by atoms with Gasteiger partial charge in [-0.25, -0.2) is 0 Å². The molecule has 1 amide bonds. The van der Waals surface area contributed by atoms with Crippen LogP contribution in [0.2, 0.25) is 0 Å². The fourth-order valence-electron chi connectivity index (χ4n) is 10.1. The number of carbonyl (C=O) groups excluding carboxylic acids is 2. The summed E-state index contributed by atoms with van der Waals surface area (Å²) in [5, 5.41) is 57.2. The Bertz CT molecular complexity index is 1720. The molecule has 8 atom stereocenters. The minimum Gasteiger partial charge on any atom is -0.454 e. The van der Waals surface area contributed by atoms with Gasteiger partial charge in [-0.1, -0.05) is 272 Å². The van der Waals surface area contributed by atoms with Crippen molar-refractivity contribution in [2.24, 2.45) is 0 Å². The van der Waals surface area contributed by atoms with Gasteiger partial charge in [-0.15, -0.1) is 0 Å². The van der Waals surface area contributed by atoms with Gasteiger partial charge in [0.15, 0.2) is 12.4 Å². The fourth-order valence-corrected chi connectivity index (χ4v) is 10.1. The molecule has 1 heterocycles. The average molecular weight is 1160 g/mol. The van der Waals surface area contributed by atoms with Crippen molar-refractivity contribution < 1.29 is 49.3 Å². The van der Waals surface area contributed by atoms with Crippen LogP contribution in [0.1, 0.15) is 284 Å². The minimum atomic E-state index is -1.62. The van der Waals surface area contributed by atoms with Crippen molar-refractivity contribution in [3.05, 3.63) is 97.2 Å². The van der Waals surface area contributed by atoms with E-state index in [0.717, 1.165) is 122 Å². The van der Waals surface area contributed by atoms with Crippen molar-refractivity contribution in [3.63, 3.8) is 0 Å². The lowest BCUT2D eigenvalue weighted by Gasteiger charge is -2.41. The fraction of sp³-hybridized carbons (Fsp3) is 0.750. The van der Waals surface area contributed by atoms with Crippen molar-refractivity contribution >= 4 is 11.9 Å². The van der Waals surface area contributed by atoms with Crippen molar-refractivity contribution in [1.82, 2.24) is 5.32 Å². The van der Waals surface area contributed by atoms with Crippen LogP contribution in [-0.2, 0) is 23.8 Å². The largest absolute Gasteiger partial charge is 0.454 e. The molecule has 0 aromatic rings. The summed E-state index contributed by atoms with van der Waals surface area (Å²) in [6.45, 7) is 5.68. The SMILES string of the molecule is CC/C=C\C/C=C\C/C=C\C/C=C\C/C=C\C/C=C\CCCCCCCC(O)C(=O)NC(COC1OC(CO)C(O)C(O)C1OC(=O)CCCCCCCCC/C=C/CCCCCCCC)C(O)/C=C/CCCCCCCCCCCCC. The van der Waals surface area contributed by atoms with Crippen LogP contribution in [0.5, 0.6) is 0 Å². The lowest BCUT2D eigenvalue weighted by molar-refractivity contribution is -0.305. The number of hydrogen-bond donors (Lipinski definition) is 6. The number of hydrogen-bond acceptors (Lipinski definition) is 10. The molecule has 1 fully saturated rings. The van der Waals surface area contributed by atoms with Gasteiger partial charge in [0.2, 0.25) is 5.91 Å². The third-order valence-corrected chi connectivity index (χ3v) is 15.5. The molecule has 83 heavy (non-hydrogen) atoms. The van der Waals surface area contributed by atoms with Crippen LogP contribution >= 0.6 is 0 Å². The number of aliphatic hydroxyl groups excluding tert-OH is 5. The molecule has 478 valence electrons. The predicted octanol–water partition coefficient (Wildman–Crippen LogP) is 17.1. The number of aliphatic hydroxyl groups is 5. The second-order valence-corrected chi connectivity index (χ2v) is 23.2. The molecular formula is C72H125NO10. The molecule has 0 aromatic carbocycles. The monoisotopic (exact) mass is 1160 g/mol. The predicted molar refractivity (Wildman–Crippen MR) is 347 cm³/mol. The van der Waals surface area contributed by atoms with E-state index in [1.165, 1.54) is 116 Å². The quantitative estimate of drug-likeness (QED) is 0.0195. The zero-order chi connectivity index (χ0) is 60.3. The van der Waals surface area contributed by atoms with Crippen LogP contribution < -0.4 is 5.32 Å². The molecule has 1 rings (SSSR count). The van der Waals surface area contributed by atoms with Crippen molar-refractivity contribution in [3.8, 4) is 0 Å². The van der Waals surface area contributed by atoms with E-state index in [-0.39, 0.29) is 19.4 Å². The molecule has 1 aliphatic rings. The van der Waals surface area contributed by atoms with Gasteiger partial charge in [0.1, 0.15) is 24.4 Å². The minimum absolute atomic E-state index is 0.113. The van der Waals surface area contributed by atoms with Crippen LogP contribution in [-0.4, -0.2) is 99.6 Å². The molecule has 0 aliphatic carbocycles. The number of allylic oxidation sites excluding steroid dienone is 15. The summed E-state index contributed by atoms with van der Waals surface area (Å²) in [5.74, 6) is -1.21. The molecular weight excluding hydrogens is 1040 g/mol. The lowest BCUT2D eigenvalue weighted by Crippen LogP contribution is -2.61. The van der Waals surface area contributed by atoms with E-state index in [1.54, 1.807) is 6.08 Å². The standard InChI is InChI=1S/C72H125NO10/c1-4-7-10-13-16-19-22-25-27-29-30-31-32-33-34-35-37-38-41-44-47-50-53-56-59-65(76)71(80)73-63(64(75)58-55-52-49-46-43-40-24-21-18-15-12-9-6-3)62-81-72-70(69(79)68(78)66(61-74)82-72)83-67(77)60-57-54-51-48-45-42-39-36-28-26-23-20-17-14-11-8-5-2/h7,10,16,19,25-28,30-31,33-34,37-38,55,58,63-66,68-70,72,74-76,78-79H,4-6,8-9,11-15,17-18,20-24,29,32,35-36,39-54,56-57,59-62H2,1-3H3,(H,73,80)/b10-7-,19-16-,27-25-,28-26+,31-30-,34-33-,38-37-,58-55+. The van der Waals surface area contributed by atoms with Crippen molar-refractivity contribution in [2.75, 3.05) is 13.2 Å². The van der Waals surface area contributed by atoms with E-state index in [4.69, 9.17) is 14.2 Å². The van der Waals surface area contributed by atoms with Crippen LogP contribution in [0.3, 0.4) is 0 Å². The molecule has 1 saturated heterocycles. The van der Waals surface area contributed by atoms with Crippen LogP contribution in [0, 0.1) is 0 Å². The number of amides is 1. The smallest absolute Gasteiger partial charge is 0.306 e. The Morgan fingerprint density at radius 1 is 0.482 bits per heavy atom. The Morgan fingerprint density at radius 2 is 0.867 bits per heavy atom. The maximum atomic E-state index is 13.5. The van der Waals surface area contributed by atoms with E-state index < -0.39 is 67.4 Å². The summed E-state index contributed by atoms with van der Waals surface area (Å²) in [6.07, 6.45) is 68.6. The Kier molecular flexibility index (Phi) is 55.1. The average Bonchev–Trinajstić information content (AvgIpc) is 3.67. The third-order valence-electron chi connectivity index (χ3n) is 15.5. The first-order valence-electron chi connectivity index (χ1n) is 34.0. The van der Waals surface area contributed by atoms with E-state index in [9.17, 15) is 35.1 Å². The molecule has 0 bridgehead atoms. The first-order valence-corrected chi connectivity index (χ1v) is 34.0. The Hall–Kier alpha value is -3.42. The maximum Gasteiger partial charge on any atom is 0.306 e. The molecule has 0 radical (unpaired) electrons. The number of ether oxygens (including phenoxy) is 3. The van der Waals surface area contributed by atoms with Gasteiger partial charge in [-0.05, 0) is 103 Å². The van der Waals surface area contributed by atoms with Crippen molar-refractivity contribution in [2.45, 2.75) is 333 Å². The summed E-state index contributed by atoms with van der Waals surface area (Å²) in [4.78, 5) is 26.6. The lowest BCUT2D eigenvalue weighted by atomic mass is 9.99. The van der Waals surface area contributed by atoms with Gasteiger partial charge in [-0.3, -0.25) is 9.59 Å². The molecule has 11 nitrogen and oxygen atoms in total. The van der Waals surface area contributed by atoms with Crippen molar-refractivity contribution in [1.29, 1.82) is 0 Å². The Morgan fingerprint density at radius 3 is 1.31 bits per heavy atom. The molecule has 0 spiro atoms. The first kappa shape index (κ1) is 77.6. The van der Waals surface area contributed by atoms with E-state index in [1.807, 2.05) is 6.08 Å². The highest BCUT2D eigenvalue weighted by molar-refractivity contribution is 5.80. The van der Waals surface area contributed by atoms with Gasteiger partial charge in [0.25, 0.3) is 0 Å². The van der Waals surface area contributed by atoms with E-state index >= 15 is 0 Å². The molecule has 0 saturated carbocycles. The Labute approximate surface area is 507 Å². The molecule has 1 aliphatic heterocycles. The highest BCUT2D eigenvalue weighted by Crippen LogP contribution is 2.26. The second-order valence-electron chi connectivity index (χ2n) is 23.2. The molecule has 0 aromatic heterocycles. The van der Waals surface area contributed by atoms with Gasteiger partial charge in [0, 0.05) is 6.42 Å². The Balaban J connectivity index is 2.65. The number of rotatable bonds is 57. The van der Waals surface area contributed by atoms with Crippen LogP contribution in [0.15, 0.2) is 97.2 Å². The number of carbonyl (C=O) groups is 2. The zero-order valence-electron chi connectivity index (χ0n) is 53.0. The number of nitrogens with one attached hydrogen (secondary N) is 1. The summed E-state index contributed by atoms with van der Waals surface area (Å²) in [5.41, 5.74) is 0. The topological polar surface area (TPSA) is 175 Å². The van der Waals surface area contributed by atoms with Gasteiger partial charge in [0.05, 0.1) is 25.4 Å². The number of unbranched alkanes of at least 4 members (excludes halogenated alkanes) is 29. The van der Waals surface area contributed by atoms with Gasteiger partial charge >= 0.3 is 5.97 Å². The second kappa shape index (κ2) is 58.9. The van der Waals surface area contributed by atoms with Crippen LogP contribution in [0.25, 0.3) is 0 Å². The highest BCUT2D eigenvalue weighted by atomic mass is 16.7. The summed E-state index contributed by atoms with van der Waals surface area (Å²) in [7, 11) is 0. The van der Waals surface area contributed by atoms with Gasteiger partial charge < -0.3 is 45.1 Å². The van der Waals surface area contributed by atoms with E-state index in [2.05, 4.69) is 111 Å². The normalized spacial score (nSPS) is 19.2. The molecule has 11 heteroatoms. The van der Waals surface area contributed by atoms with Gasteiger partial charge in [-0.2, -0.15) is 0 Å². The zero-order valence-corrected chi connectivity index (χ0v) is 53.0. The van der Waals surface area contributed by atoms with E-state index in [0.29, 0.717) is 12.8 Å². The number of esters is 1. The van der Waals surface area contributed by atoms with Crippen LogP contribution in [0.4, 0.5) is 0 Å². The summed E-state index contributed by atoms with van der Waals surface area (Å²) in [6, 6.07) is -1.04. The molecule has 6 N–H and O–H groups in total. The third kappa shape index (κ3) is 46.5. The highest BCUT2D eigenvalue weighted by Gasteiger charge is 2.47.